The number of nitrogens with zero attached hydrogens (tertiary/aromatic N) is 3. The van der Waals surface area contributed by atoms with E-state index >= 15 is 0 Å². The van der Waals surface area contributed by atoms with Crippen LogP contribution in [0.4, 0.5) is 0 Å². The van der Waals surface area contributed by atoms with E-state index in [1.165, 1.54) is 0 Å². The molecular formula is C20H20ClN3O2S. The highest BCUT2D eigenvalue weighted by atomic mass is 35.5. The number of furan rings is 1. The van der Waals surface area contributed by atoms with Crippen LogP contribution in [0.5, 0.6) is 0 Å². The van der Waals surface area contributed by atoms with Crippen molar-refractivity contribution in [2.45, 2.75) is 25.9 Å². The second-order valence-corrected chi connectivity index (χ2v) is 7.66. The maximum absolute atomic E-state index is 6.03. The van der Waals surface area contributed by atoms with Gasteiger partial charge in [0.05, 0.1) is 24.6 Å². The lowest BCUT2D eigenvalue weighted by Gasteiger charge is -2.05. The predicted octanol–water partition coefficient (Wildman–Crippen LogP) is 4.73. The molecule has 3 aromatic rings. The minimum atomic E-state index is 0.205. The Morgan fingerprint density at radius 3 is 2.81 bits per heavy atom. The largest absolute Gasteiger partial charge is 0.460 e. The molecule has 2 aromatic heterocycles. The third kappa shape index (κ3) is 4.40. The molecule has 3 heterocycles. The number of benzene rings is 1. The number of aromatic nitrogens is 1. The first-order valence-corrected chi connectivity index (χ1v) is 10.1. The van der Waals surface area contributed by atoms with Gasteiger partial charge in [-0.3, -0.25) is 4.99 Å². The van der Waals surface area contributed by atoms with Crippen molar-refractivity contribution in [1.82, 2.24) is 4.68 Å². The molecule has 1 aromatic carbocycles. The molecule has 1 saturated heterocycles. The van der Waals surface area contributed by atoms with E-state index in [1.54, 1.807) is 17.6 Å². The molecular weight excluding hydrogens is 382 g/mol. The van der Waals surface area contributed by atoms with Crippen LogP contribution in [0, 0.1) is 6.92 Å². The first kappa shape index (κ1) is 18.2. The number of hydrogen-bond acceptors (Lipinski definition) is 5. The molecule has 0 aliphatic carbocycles. The van der Waals surface area contributed by atoms with Gasteiger partial charge in [-0.15, -0.1) is 11.3 Å². The molecule has 1 aliphatic heterocycles. The number of thiazole rings is 1. The van der Waals surface area contributed by atoms with Crippen LogP contribution in [0.25, 0.3) is 11.3 Å². The highest BCUT2D eigenvalue weighted by molar-refractivity contribution is 7.07. The topological polar surface area (TPSA) is 52.0 Å². The monoisotopic (exact) mass is 401 g/mol. The summed E-state index contributed by atoms with van der Waals surface area (Å²) in [5.74, 6) is 1.56. The Morgan fingerprint density at radius 1 is 1.26 bits per heavy atom. The Balaban J connectivity index is 1.71. The van der Waals surface area contributed by atoms with Gasteiger partial charge in [-0.25, -0.2) is 4.68 Å². The van der Waals surface area contributed by atoms with Gasteiger partial charge in [-0.2, -0.15) is 5.10 Å². The van der Waals surface area contributed by atoms with Gasteiger partial charge < -0.3 is 9.15 Å². The summed E-state index contributed by atoms with van der Waals surface area (Å²) in [6.07, 6.45) is 4.09. The third-order valence-corrected chi connectivity index (χ3v) is 5.45. The van der Waals surface area contributed by atoms with Crippen LogP contribution in [0.1, 0.15) is 24.4 Å². The van der Waals surface area contributed by atoms with Crippen molar-refractivity contribution in [2.24, 2.45) is 10.1 Å². The molecule has 1 aliphatic rings. The maximum Gasteiger partial charge on any atom is 0.206 e. The summed E-state index contributed by atoms with van der Waals surface area (Å²) >= 11 is 7.59. The second-order valence-electron chi connectivity index (χ2n) is 6.39. The van der Waals surface area contributed by atoms with Gasteiger partial charge in [0, 0.05) is 22.6 Å². The normalized spacial score (nSPS) is 18.0. The van der Waals surface area contributed by atoms with Gasteiger partial charge >= 0.3 is 0 Å². The molecule has 0 spiro atoms. The van der Waals surface area contributed by atoms with Crippen LogP contribution in [0.15, 0.2) is 56.3 Å². The quantitative estimate of drug-likeness (QED) is 0.580. The van der Waals surface area contributed by atoms with Crippen molar-refractivity contribution in [3.05, 3.63) is 63.1 Å². The number of hydrogen-bond donors (Lipinski definition) is 0. The molecule has 1 atom stereocenters. The van der Waals surface area contributed by atoms with E-state index in [2.05, 4.69) is 10.5 Å². The van der Waals surface area contributed by atoms with Gasteiger partial charge in [0.1, 0.15) is 11.5 Å². The maximum atomic E-state index is 6.03. The molecule has 1 fully saturated rings. The predicted molar refractivity (Wildman–Crippen MR) is 109 cm³/mol. The average Bonchev–Trinajstić information content (AvgIpc) is 3.40. The fourth-order valence-corrected chi connectivity index (χ4v) is 3.92. The molecule has 4 rings (SSSR count). The van der Waals surface area contributed by atoms with Gasteiger partial charge in [0.25, 0.3) is 0 Å². The smallest absolute Gasteiger partial charge is 0.206 e. The fourth-order valence-electron chi connectivity index (χ4n) is 2.94. The van der Waals surface area contributed by atoms with Gasteiger partial charge in [0.15, 0.2) is 0 Å². The molecule has 140 valence electrons. The Morgan fingerprint density at radius 2 is 2.11 bits per heavy atom. The van der Waals surface area contributed by atoms with E-state index in [-0.39, 0.29) is 6.10 Å². The van der Waals surface area contributed by atoms with Crippen LogP contribution >= 0.6 is 22.9 Å². The van der Waals surface area contributed by atoms with Crippen molar-refractivity contribution in [3.8, 4) is 11.3 Å². The molecule has 0 radical (unpaired) electrons. The highest BCUT2D eigenvalue weighted by Crippen LogP contribution is 2.22. The first-order chi connectivity index (χ1) is 13.2. The summed E-state index contributed by atoms with van der Waals surface area (Å²) in [6.45, 7) is 3.39. The standard InChI is InChI=1S/C20H20ClN3O2S/c1-14-4-9-18(26-14)12-23-24-19(15-5-7-16(21)8-6-15)13-27-20(24)22-11-17-3-2-10-25-17/h4-9,12-13,17H,2-3,10-11H2,1H3/b22-20?,23-12+. The highest BCUT2D eigenvalue weighted by Gasteiger charge is 2.15. The van der Waals surface area contributed by atoms with Crippen molar-refractivity contribution < 1.29 is 9.15 Å². The second kappa shape index (κ2) is 8.25. The lowest BCUT2D eigenvalue weighted by molar-refractivity contribution is 0.117. The minimum Gasteiger partial charge on any atom is -0.460 e. The number of rotatable bonds is 5. The molecule has 0 N–H and O–H groups in total. The lowest BCUT2D eigenvalue weighted by atomic mass is 10.2. The Hall–Kier alpha value is -2.15. The molecule has 1 unspecified atom stereocenters. The summed E-state index contributed by atoms with van der Waals surface area (Å²) in [5.41, 5.74) is 1.99. The third-order valence-electron chi connectivity index (χ3n) is 4.34. The molecule has 27 heavy (non-hydrogen) atoms. The zero-order valence-electron chi connectivity index (χ0n) is 15.0. The number of aryl methyl sites for hydroxylation is 1. The van der Waals surface area contributed by atoms with Crippen LogP contribution < -0.4 is 4.80 Å². The number of ether oxygens (including phenoxy) is 1. The minimum absolute atomic E-state index is 0.205. The van der Waals surface area contributed by atoms with Crippen molar-refractivity contribution in [1.29, 1.82) is 0 Å². The molecule has 5 nitrogen and oxygen atoms in total. The summed E-state index contributed by atoms with van der Waals surface area (Å²) in [4.78, 5) is 5.58. The Bertz CT molecular complexity index is 995. The summed E-state index contributed by atoms with van der Waals surface area (Å²) in [7, 11) is 0. The average molecular weight is 402 g/mol. The fraction of sp³-hybridized carbons (Fsp3) is 0.300. The van der Waals surface area contributed by atoms with E-state index < -0.39 is 0 Å². The van der Waals surface area contributed by atoms with E-state index in [4.69, 9.17) is 25.7 Å². The van der Waals surface area contributed by atoms with E-state index in [9.17, 15) is 0 Å². The number of halogens is 1. The molecule has 0 amide bonds. The zero-order valence-corrected chi connectivity index (χ0v) is 16.5. The molecule has 7 heteroatoms. The molecule has 0 saturated carbocycles. The Labute approximate surface area is 166 Å². The first-order valence-electron chi connectivity index (χ1n) is 8.88. The Kier molecular flexibility index (Phi) is 5.57. The van der Waals surface area contributed by atoms with Crippen LogP contribution in [-0.2, 0) is 4.74 Å². The van der Waals surface area contributed by atoms with E-state index in [0.29, 0.717) is 17.3 Å². The van der Waals surface area contributed by atoms with Crippen molar-refractivity contribution in [2.75, 3.05) is 13.2 Å². The van der Waals surface area contributed by atoms with Gasteiger partial charge in [-0.1, -0.05) is 23.7 Å². The van der Waals surface area contributed by atoms with E-state index in [1.807, 2.05) is 48.0 Å². The molecule has 0 bridgehead atoms. The zero-order chi connectivity index (χ0) is 18.6. The summed E-state index contributed by atoms with van der Waals surface area (Å²) < 4.78 is 13.1. The lowest BCUT2D eigenvalue weighted by Crippen LogP contribution is -2.17. The summed E-state index contributed by atoms with van der Waals surface area (Å²) in [6, 6.07) is 11.5. The summed E-state index contributed by atoms with van der Waals surface area (Å²) in [5, 5.41) is 7.40. The van der Waals surface area contributed by atoms with Gasteiger partial charge in [-0.05, 0) is 44.0 Å². The van der Waals surface area contributed by atoms with Crippen LogP contribution in [0.3, 0.4) is 0 Å². The van der Waals surface area contributed by atoms with Crippen LogP contribution in [0.2, 0.25) is 5.02 Å². The van der Waals surface area contributed by atoms with E-state index in [0.717, 1.165) is 41.3 Å². The van der Waals surface area contributed by atoms with Crippen molar-refractivity contribution in [3.63, 3.8) is 0 Å². The van der Waals surface area contributed by atoms with Gasteiger partial charge in [0.2, 0.25) is 4.80 Å². The van der Waals surface area contributed by atoms with Crippen LogP contribution in [-0.4, -0.2) is 30.1 Å². The van der Waals surface area contributed by atoms with Crippen molar-refractivity contribution >= 4 is 29.2 Å². The SMILES string of the molecule is Cc1ccc(/C=N/n2c(-c3ccc(Cl)cc3)csc2=NCC2CCCO2)o1.